The molecule has 0 unspecified atom stereocenters. The first-order valence-corrected chi connectivity index (χ1v) is 5.64. The van der Waals surface area contributed by atoms with E-state index in [2.05, 4.69) is 9.68 Å². The maximum Gasteiger partial charge on any atom is 0.374 e. The quantitative estimate of drug-likeness (QED) is 0.898. The van der Waals surface area contributed by atoms with E-state index in [9.17, 15) is 14.3 Å². The molecular weight excluding hydrogens is 269 g/mol. The maximum absolute atomic E-state index is 14.1. The number of phenols is 1. The lowest BCUT2D eigenvalue weighted by Crippen LogP contribution is -1.98. The number of aromatic carboxylic acids is 1. The van der Waals surface area contributed by atoms with Gasteiger partial charge in [-0.1, -0.05) is 5.16 Å². The van der Waals surface area contributed by atoms with Crippen molar-refractivity contribution >= 4 is 5.97 Å². The van der Waals surface area contributed by atoms with E-state index >= 15 is 0 Å². The Morgan fingerprint density at radius 1 is 1.40 bits per heavy atom. The van der Waals surface area contributed by atoms with Crippen LogP contribution in [0.1, 0.15) is 21.7 Å². The highest BCUT2D eigenvalue weighted by atomic mass is 19.1. The number of carboxylic acids is 1. The zero-order valence-corrected chi connectivity index (χ0v) is 11.0. The highest BCUT2D eigenvalue weighted by molar-refractivity contribution is 5.87. The first kappa shape index (κ1) is 13.9. The summed E-state index contributed by atoms with van der Waals surface area (Å²) in [5.74, 6) is -2.61. The lowest BCUT2D eigenvalue weighted by molar-refractivity contribution is 0.0652. The molecule has 20 heavy (non-hydrogen) atoms. The molecule has 7 heteroatoms. The number of carboxylic acid groups (broad SMARTS) is 1. The van der Waals surface area contributed by atoms with Crippen molar-refractivity contribution in [2.75, 3.05) is 7.11 Å². The molecular formula is C13H12FNO5. The number of aromatic nitrogens is 1. The molecule has 0 saturated carbocycles. The van der Waals surface area contributed by atoms with Gasteiger partial charge in [0, 0.05) is 11.6 Å². The maximum atomic E-state index is 14.1. The smallest absolute Gasteiger partial charge is 0.374 e. The van der Waals surface area contributed by atoms with Gasteiger partial charge in [0.1, 0.15) is 11.5 Å². The molecule has 0 radical (unpaired) electrons. The van der Waals surface area contributed by atoms with Crippen molar-refractivity contribution in [3.63, 3.8) is 0 Å². The molecule has 0 spiro atoms. The SMILES string of the molecule is COc1c(C)c(F)c(C)c(-c2cc(C(=O)O)on2)c1O. The number of aromatic hydroxyl groups is 1. The van der Waals surface area contributed by atoms with Gasteiger partial charge in [0.25, 0.3) is 0 Å². The normalized spacial score (nSPS) is 10.6. The molecule has 0 amide bonds. The van der Waals surface area contributed by atoms with Crippen LogP contribution in [0.3, 0.4) is 0 Å². The molecule has 1 aromatic carbocycles. The number of carbonyl (C=O) groups is 1. The van der Waals surface area contributed by atoms with Crippen molar-refractivity contribution in [2.45, 2.75) is 13.8 Å². The molecule has 0 aliphatic carbocycles. The predicted octanol–water partition coefficient (Wildman–Crippen LogP) is 2.51. The van der Waals surface area contributed by atoms with E-state index in [1.807, 2.05) is 0 Å². The van der Waals surface area contributed by atoms with Crippen molar-refractivity contribution in [3.05, 3.63) is 28.8 Å². The van der Waals surface area contributed by atoms with Crippen LogP contribution < -0.4 is 4.74 Å². The van der Waals surface area contributed by atoms with Crippen LogP contribution in [0.25, 0.3) is 11.3 Å². The number of rotatable bonds is 3. The van der Waals surface area contributed by atoms with Gasteiger partial charge in [-0.3, -0.25) is 0 Å². The summed E-state index contributed by atoms with van der Waals surface area (Å²) in [5.41, 5.74) is 0.357. The van der Waals surface area contributed by atoms with E-state index < -0.39 is 17.5 Å². The lowest BCUT2D eigenvalue weighted by atomic mass is 9.99. The van der Waals surface area contributed by atoms with E-state index in [4.69, 9.17) is 9.84 Å². The Kier molecular flexibility index (Phi) is 3.35. The van der Waals surface area contributed by atoms with Crippen molar-refractivity contribution in [3.8, 4) is 22.8 Å². The van der Waals surface area contributed by atoms with Gasteiger partial charge in [-0.05, 0) is 19.4 Å². The minimum Gasteiger partial charge on any atom is -0.504 e. The van der Waals surface area contributed by atoms with E-state index in [0.717, 1.165) is 6.07 Å². The van der Waals surface area contributed by atoms with Crippen LogP contribution in [-0.4, -0.2) is 28.4 Å². The van der Waals surface area contributed by atoms with Crippen LogP contribution in [-0.2, 0) is 0 Å². The van der Waals surface area contributed by atoms with Crippen LogP contribution in [0.15, 0.2) is 10.6 Å². The van der Waals surface area contributed by atoms with Crippen molar-refractivity contribution in [1.29, 1.82) is 0 Å². The second-order valence-electron chi connectivity index (χ2n) is 4.20. The Bertz CT molecular complexity index is 693. The Morgan fingerprint density at radius 3 is 2.55 bits per heavy atom. The predicted molar refractivity (Wildman–Crippen MR) is 66.5 cm³/mol. The number of nitrogens with zero attached hydrogens (tertiary/aromatic N) is 1. The minimum absolute atomic E-state index is 0.0228. The second-order valence-corrected chi connectivity index (χ2v) is 4.20. The molecule has 0 aliphatic heterocycles. The zero-order chi connectivity index (χ0) is 15.0. The van der Waals surface area contributed by atoms with Gasteiger partial charge < -0.3 is 19.5 Å². The summed E-state index contributed by atoms with van der Waals surface area (Å²) in [6, 6.07) is 1.11. The number of hydrogen-bond acceptors (Lipinski definition) is 5. The van der Waals surface area contributed by atoms with E-state index in [1.54, 1.807) is 0 Å². The van der Waals surface area contributed by atoms with E-state index in [1.165, 1.54) is 21.0 Å². The summed E-state index contributed by atoms with van der Waals surface area (Å²) in [4.78, 5) is 10.8. The largest absolute Gasteiger partial charge is 0.504 e. The molecule has 2 N–H and O–H groups in total. The number of methoxy groups -OCH3 is 1. The summed E-state index contributed by atoms with van der Waals surface area (Å²) in [5, 5.41) is 22.5. The van der Waals surface area contributed by atoms with Crippen LogP contribution in [0.4, 0.5) is 4.39 Å². The Hall–Kier alpha value is -2.57. The van der Waals surface area contributed by atoms with Gasteiger partial charge in [0.05, 0.1) is 12.7 Å². The van der Waals surface area contributed by atoms with Gasteiger partial charge in [-0.25, -0.2) is 9.18 Å². The van der Waals surface area contributed by atoms with Crippen LogP contribution >= 0.6 is 0 Å². The summed E-state index contributed by atoms with van der Waals surface area (Å²) in [7, 11) is 1.30. The Morgan fingerprint density at radius 2 is 2.05 bits per heavy atom. The molecule has 2 rings (SSSR count). The summed E-state index contributed by atoms with van der Waals surface area (Å²) >= 11 is 0. The molecule has 2 aromatic rings. The molecule has 1 aromatic heterocycles. The minimum atomic E-state index is -1.31. The highest BCUT2D eigenvalue weighted by Crippen LogP contribution is 2.43. The number of benzene rings is 1. The number of halogens is 1. The number of hydrogen-bond donors (Lipinski definition) is 2. The fraction of sp³-hybridized carbons (Fsp3) is 0.231. The highest BCUT2D eigenvalue weighted by Gasteiger charge is 2.24. The third-order valence-electron chi connectivity index (χ3n) is 3.01. The van der Waals surface area contributed by atoms with E-state index in [-0.39, 0.29) is 33.9 Å². The molecule has 106 valence electrons. The van der Waals surface area contributed by atoms with Crippen LogP contribution in [0.5, 0.6) is 11.5 Å². The van der Waals surface area contributed by atoms with Crippen LogP contribution in [0, 0.1) is 19.7 Å². The summed E-state index contributed by atoms with van der Waals surface area (Å²) in [6.07, 6.45) is 0. The molecule has 6 nitrogen and oxygen atoms in total. The topological polar surface area (TPSA) is 92.8 Å². The summed E-state index contributed by atoms with van der Waals surface area (Å²) in [6.45, 7) is 2.92. The average molecular weight is 281 g/mol. The molecule has 0 fully saturated rings. The Balaban J connectivity index is 2.72. The first-order valence-electron chi connectivity index (χ1n) is 5.64. The molecule has 0 atom stereocenters. The molecule has 0 saturated heterocycles. The lowest BCUT2D eigenvalue weighted by Gasteiger charge is -2.14. The third-order valence-corrected chi connectivity index (χ3v) is 3.01. The molecule has 1 heterocycles. The second kappa shape index (κ2) is 4.84. The zero-order valence-electron chi connectivity index (χ0n) is 11.0. The fourth-order valence-corrected chi connectivity index (χ4v) is 2.02. The molecule has 0 aliphatic rings. The molecule has 0 bridgehead atoms. The standard InChI is InChI=1S/C13H12FNO5/c1-5-9(7-4-8(13(17)18)20-15-7)11(16)12(19-3)6(2)10(5)14/h4,16H,1-3H3,(H,17,18). The third kappa shape index (κ3) is 1.97. The summed E-state index contributed by atoms with van der Waals surface area (Å²) < 4.78 is 23.7. The fourth-order valence-electron chi connectivity index (χ4n) is 2.02. The average Bonchev–Trinajstić information content (AvgIpc) is 2.87. The van der Waals surface area contributed by atoms with Gasteiger partial charge >= 0.3 is 5.97 Å². The van der Waals surface area contributed by atoms with Gasteiger partial charge in [0.15, 0.2) is 11.5 Å². The van der Waals surface area contributed by atoms with Gasteiger partial charge in [-0.2, -0.15) is 0 Å². The van der Waals surface area contributed by atoms with Gasteiger partial charge in [-0.15, -0.1) is 0 Å². The van der Waals surface area contributed by atoms with Crippen LogP contribution in [0.2, 0.25) is 0 Å². The first-order chi connectivity index (χ1) is 9.38. The van der Waals surface area contributed by atoms with Crippen molar-refractivity contribution in [2.24, 2.45) is 0 Å². The van der Waals surface area contributed by atoms with Crippen molar-refractivity contribution < 1.29 is 28.7 Å². The number of ether oxygens (including phenoxy) is 1. The van der Waals surface area contributed by atoms with Gasteiger partial charge in [0.2, 0.25) is 5.76 Å². The van der Waals surface area contributed by atoms with Crippen molar-refractivity contribution in [1.82, 2.24) is 5.16 Å². The number of phenolic OH excluding ortho intramolecular Hbond substituents is 1. The monoisotopic (exact) mass is 281 g/mol. The Labute approximate surface area is 113 Å². The van der Waals surface area contributed by atoms with E-state index in [0.29, 0.717) is 0 Å².